The van der Waals surface area contributed by atoms with E-state index in [9.17, 15) is 33.6 Å². The van der Waals surface area contributed by atoms with Crippen LogP contribution in [0.25, 0.3) is 33.3 Å². The number of aromatic hydroxyl groups is 1. The first kappa shape index (κ1) is 53.3. The maximum absolute atomic E-state index is 14.8. The third kappa shape index (κ3) is 11.4. The molecule has 2 aromatic heterocycles. The number of aryl methyl sites for hydroxylation is 1. The van der Waals surface area contributed by atoms with Gasteiger partial charge in [0.25, 0.3) is 5.91 Å². The number of phenols is 1. The smallest absolute Gasteiger partial charge is 0.324 e. The molecule has 5 heterocycles. The van der Waals surface area contributed by atoms with Crippen molar-refractivity contribution in [3.8, 4) is 28.1 Å². The van der Waals surface area contributed by atoms with E-state index in [0.717, 1.165) is 38.9 Å². The largest absolute Gasteiger partial charge is 0.597 e. The number of hydrogen-bond donors (Lipinski definition) is 3. The Morgan fingerprint density at radius 1 is 1.10 bits per heavy atom. The topological polar surface area (TPSA) is 202 Å². The monoisotopic (exact) mass is 997 g/mol. The number of pyridine rings is 1. The van der Waals surface area contributed by atoms with Gasteiger partial charge in [-0.2, -0.15) is 0 Å². The Morgan fingerprint density at radius 2 is 1.83 bits per heavy atom. The first-order valence-electron chi connectivity index (χ1n) is 24.6. The molecule has 1 unspecified atom stereocenters. The number of amides is 4. The number of nitrogens with zero attached hydrogens (tertiary/aromatic N) is 6. The number of benzene rings is 2. The van der Waals surface area contributed by atoms with Gasteiger partial charge >= 0.3 is 5.97 Å². The minimum atomic E-state index is -1.42. The zero-order valence-electron chi connectivity index (χ0n) is 43.3. The molecule has 7 atom stereocenters. The predicted octanol–water partition coefficient (Wildman–Crippen LogP) is 5.37. The molecule has 4 aromatic rings. The molecule has 0 aliphatic carbocycles. The molecule has 2 aromatic carbocycles. The van der Waals surface area contributed by atoms with E-state index in [0.29, 0.717) is 43.5 Å². The quantitative estimate of drug-likeness (QED) is 0.0933. The molecule has 71 heavy (non-hydrogen) atoms. The number of methoxy groups -OCH3 is 1. The summed E-state index contributed by atoms with van der Waals surface area (Å²) in [6, 6.07) is 9.29. The molecule has 2 saturated heterocycles. The summed E-state index contributed by atoms with van der Waals surface area (Å²) in [6.07, 6.45) is 5.01. The van der Waals surface area contributed by atoms with Crippen LogP contribution in [0.1, 0.15) is 91.8 Å². The molecule has 17 nitrogen and oxygen atoms in total. The summed E-state index contributed by atoms with van der Waals surface area (Å²) in [6.45, 7) is 18.2. The van der Waals surface area contributed by atoms with Crippen LogP contribution in [0.4, 0.5) is 0 Å². The predicted molar refractivity (Wildman–Crippen MR) is 273 cm³/mol. The van der Waals surface area contributed by atoms with Gasteiger partial charge in [0.05, 0.1) is 31.5 Å². The third-order valence-electron chi connectivity index (χ3n) is 13.8. The zero-order chi connectivity index (χ0) is 51.9. The zero-order valence-corrected chi connectivity index (χ0v) is 44.1. The van der Waals surface area contributed by atoms with Crippen LogP contribution in [0.15, 0.2) is 54.9 Å². The summed E-state index contributed by atoms with van der Waals surface area (Å²) in [5.41, 5.74) is 9.57. The highest BCUT2D eigenvalue weighted by molar-refractivity contribution is 7.90. The van der Waals surface area contributed by atoms with E-state index in [4.69, 9.17) is 9.47 Å². The summed E-state index contributed by atoms with van der Waals surface area (Å²) in [5, 5.41) is 16.7. The summed E-state index contributed by atoms with van der Waals surface area (Å²) in [7, 11) is 4.68. The van der Waals surface area contributed by atoms with Crippen molar-refractivity contribution in [2.45, 2.75) is 136 Å². The van der Waals surface area contributed by atoms with E-state index >= 15 is 0 Å². The SMILES string of the molecule is CCn1c(-c2cnccc2COC)c2c3cc(ccc31)-c1cc(O)cc(c1)C[C@H](NC(=O)[C@H](C(C)C)N(C)C(=O)CN(C)C(=O)[C@@H]1[C@H](C)N1[S@@+]([O-])C(C)(C)C)C(=O)N1CCC[C@H](N1)C(=O)OCC(C)(C)C2. The van der Waals surface area contributed by atoms with Gasteiger partial charge in [0.15, 0.2) is 6.04 Å². The van der Waals surface area contributed by atoms with Crippen molar-refractivity contribution in [2.75, 3.05) is 40.9 Å². The number of aromatic nitrogens is 2. The maximum Gasteiger partial charge on any atom is 0.324 e. The van der Waals surface area contributed by atoms with E-state index in [1.807, 2.05) is 52.1 Å². The van der Waals surface area contributed by atoms with E-state index in [1.54, 1.807) is 43.6 Å². The summed E-state index contributed by atoms with van der Waals surface area (Å²) >= 11 is -1.42. The van der Waals surface area contributed by atoms with Crippen molar-refractivity contribution in [1.29, 1.82) is 0 Å². The summed E-state index contributed by atoms with van der Waals surface area (Å²) < 4.78 is 28.2. The first-order chi connectivity index (χ1) is 33.5. The van der Waals surface area contributed by atoms with Gasteiger partial charge in [0, 0.05) is 86.4 Å². The molecular formula is C53H72N8O9S. The number of fused-ring (bicyclic) bond motifs is 6. The van der Waals surface area contributed by atoms with Crippen LogP contribution >= 0.6 is 0 Å². The van der Waals surface area contributed by atoms with Gasteiger partial charge in [-0.3, -0.25) is 34.0 Å². The molecule has 6 bridgehead atoms. The van der Waals surface area contributed by atoms with Gasteiger partial charge in [-0.1, -0.05) is 39.8 Å². The molecule has 2 fully saturated rings. The second-order valence-corrected chi connectivity index (χ2v) is 23.6. The van der Waals surface area contributed by atoms with Crippen molar-refractivity contribution in [2.24, 2.45) is 11.3 Å². The second kappa shape index (κ2) is 21.3. The molecule has 0 saturated carbocycles. The highest BCUT2D eigenvalue weighted by atomic mass is 32.2. The number of rotatable bonds is 12. The molecule has 18 heteroatoms. The van der Waals surface area contributed by atoms with Crippen LogP contribution in [0, 0.1) is 11.3 Å². The Hall–Kier alpha value is -5.53. The summed E-state index contributed by atoms with van der Waals surface area (Å²) in [4.78, 5) is 78.0. The highest BCUT2D eigenvalue weighted by Crippen LogP contribution is 2.42. The lowest BCUT2D eigenvalue weighted by Crippen LogP contribution is -2.62. The second-order valence-electron chi connectivity index (χ2n) is 21.5. The van der Waals surface area contributed by atoms with Crippen LogP contribution in [-0.4, -0.2) is 144 Å². The lowest BCUT2D eigenvalue weighted by atomic mass is 9.84. The van der Waals surface area contributed by atoms with Crippen molar-refractivity contribution in [3.63, 3.8) is 0 Å². The Morgan fingerprint density at radius 3 is 2.51 bits per heavy atom. The number of phenolic OH excluding ortho intramolecular Hbond substituents is 1. The van der Waals surface area contributed by atoms with Crippen molar-refractivity contribution in [1.82, 2.24) is 39.4 Å². The van der Waals surface area contributed by atoms with Crippen molar-refractivity contribution < 1.29 is 43.1 Å². The van der Waals surface area contributed by atoms with E-state index < -0.39 is 75.3 Å². The van der Waals surface area contributed by atoms with Gasteiger partial charge in [-0.15, -0.1) is 4.31 Å². The molecular weight excluding hydrogens is 925 g/mol. The van der Waals surface area contributed by atoms with E-state index in [2.05, 4.69) is 53.2 Å². The molecule has 3 aliphatic heterocycles. The minimum Gasteiger partial charge on any atom is -0.597 e. The standard InChI is InChI=1S/C53H72N8O9S/c1-13-59-43-17-16-34-25-38(43)39(47(59)40-27-54-19-18-35(40)29-69-12)26-53(8,9)30-70-51(67)41-15-14-20-60(56-41)49(65)42(23-33-21-36(34)24-37(62)22-33)55-48(64)45(31(2)3)58(11)44(63)28-57(10)50(66)46-32(4)61(46)71(68)52(5,6)7/h16-19,21-22,24-25,27,31-32,41-42,45-46,56,62H,13-15,20,23,26,28-30H2,1-12H3,(H,55,64)/t32-,41-,42-,45-,46-,61?,71-/m0/s1. The van der Waals surface area contributed by atoms with Gasteiger partial charge in [0.2, 0.25) is 17.7 Å². The molecule has 384 valence electrons. The molecule has 0 spiro atoms. The number of hydrazine groups is 1. The maximum atomic E-state index is 14.8. The molecule has 4 amide bonds. The van der Waals surface area contributed by atoms with Crippen molar-refractivity contribution in [3.05, 3.63) is 71.5 Å². The van der Waals surface area contributed by atoms with E-state index in [1.165, 1.54) is 28.9 Å². The van der Waals surface area contributed by atoms with Gasteiger partial charge in [-0.25, -0.2) is 5.43 Å². The third-order valence-corrected chi connectivity index (χ3v) is 15.8. The Balaban J connectivity index is 1.24. The van der Waals surface area contributed by atoms with Gasteiger partial charge in [-0.05, 0) is 118 Å². The van der Waals surface area contributed by atoms with Crippen LogP contribution in [-0.2, 0) is 70.8 Å². The average molecular weight is 997 g/mol. The Labute approximate surface area is 420 Å². The number of ether oxygens (including phenoxy) is 2. The Bertz CT molecular complexity index is 2660. The fraction of sp³-hybridized carbons (Fsp3) is 0.547. The number of likely N-dealkylation sites (N-methyl/N-ethyl adjacent to an activating group) is 2. The Kier molecular flexibility index (Phi) is 16.0. The molecule has 0 radical (unpaired) electrons. The normalized spacial score (nSPS) is 22.3. The highest BCUT2D eigenvalue weighted by Gasteiger charge is 2.61. The lowest BCUT2D eigenvalue weighted by Gasteiger charge is -2.37. The number of hydrogen-bond acceptors (Lipinski definition) is 12. The fourth-order valence-corrected chi connectivity index (χ4v) is 11.6. The molecule has 3 N–H and O–H groups in total. The van der Waals surface area contributed by atoms with Crippen LogP contribution in [0.5, 0.6) is 5.75 Å². The number of nitrogens with one attached hydrogen (secondary N) is 2. The minimum absolute atomic E-state index is 0.0337. The van der Waals surface area contributed by atoms with Gasteiger partial charge < -0.3 is 38.8 Å². The summed E-state index contributed by atoms with van der Waals surface area (Å²) in [5.74, 6) is -2.92. The molecule has 7 rings (SSSR count). The number of cyclic esters (lactones) is 1. The number of esters is 1. The van der Waals surface area contributed by atoms with E-state index in [-0.39, 0.29) is 43.8 Å². The fourth-order valence-electron chi connectivity index (χ4n) is 10.1. The molecule has 3 aliphatic rings. The van der Waals surface area contributed by atoms with Crippen LogP contribution < -0.4 is 10.7 Å². The van der Waals surface area contributed by atoms with Gasteiger partial charge in [0.1, 0.15) is 28.6 Å². The van der Waals surface area contributed by atoms with Crippen LogP contribution in [0.2, 0.25) is 0 Å². The number of carbonyl (C=O) groups excluding carboxylic acids is 5. The van der Waals surface area contributed by atoms with Crippen LogP contribution in [0.3, 0.4) is 0 Å². The number of carbonyl (C=O) groups is 5. The lowest BCUT2D eigenvalue weighted by molar-refractivity contribution is -0.155. The first-order valence-corrected chi connectivity index (χ1v) is 25.7. The van der Waals surface area contributed by atoms with Crippen molar-refractivity contribution >= 4 is 51.9 Å². The average Bonchev–Trinajstić information content (AvgIpc) is 3.89.